The van der Waals surface area contributed by atoms with E-state index in [1.165, 1.54) is 0 Å². The Bertz CT molecular complexity index is 1500. The number of benzene rings is 2. The van der Waals surface area contributed by atoms with Crippen molar-refractivity contribution < 1.29 is 4.74 Å². The summed E-state index contributed by atoms with van der Waals surface area (Å²) in [6, 6.07) is 18.4. The Balaban J connectivity index is 0.00000135. The van der Waals surface area contributed by atoms with Gasteiger partial charge in [-0.25, -0.2) is 9.30 Å². The van der Waals surface area contributed by atoms with Crippen LogP contribution in [0.2, 0.25) is 0 Å². The molecule has 2 aromatic carbocycles. The van der Waals surface area contributed by atoms with Gasteiger partial charge in [0, 0.05) is 35.8 Å². The van der Waals surface area contributed by atoms with Crippen LogP contribution in [-0.4, -0.2) is 41.0 Å². The summed E-state index contributed by atoms with van der Waals surface area (Å²) in [5.74, 6) is 1.92. The summed E-state index contributed by atoms with van der Waals surface area (Å²) in [5, 5.41) is 16.8. The van der Waals surface area contributed by atoms with Gasteiger partial charge in [-0.3, -0.25) is 4.98 Å². The van der Waals surface area contributed by atoms with Gasteiger partial charge in [-0.1, -0.05) is 35.9 Å². The first-order valence-corrected chi connectivity index (χ1v) is 15.7. The van der Waals surface area contributed by atoms with Gasteiger partial charge in [-0.15, -0.1) is 6.58 Å². The van der Waals surface area contributed by atoms with Crippen molar-refractivity contribution in [2.24, 2.45) is 10.9 Å². The van der Waals surface area contributed by atoms with Crippen molar-refractivity contribution in [3.8, 4) is 11.8 Å². The number of fused-ring (bicyclic) bond motifs is 4. The van der Waals surface area contributed by atoms with E-state index < -0.39 is 0 Å². The third kappa shape index (κ3) is 9.36. The van der Waals surface area contributed by atoms with Crippen LogP contribution < -0.4 is 15.4 Å². The number of amidine groups is 1. The zero-order chi connectivity index (χ0) is 30.6. The molecule has 3 aromatic rings. The zero-order valence-electron chi connectivity index (χ0n) is 25.0. The molecule has 7 nitrogen and oxygen atoms in total. The minimum absolute atomic E-state index is 0.200. The van der Waals surface area contributed by atoms with Crippen molar-refractivity contribution in [2.75, 3.05) is 30.3 Å². The van der Waals surface area contributed by atoms with Crippen LogP contribution in [0.1, 0.15) is 43.9 Å². The molecule has 0 radical (unpaired) electrons. The standard InChI is InChI=1S/C31H33ClN6OS.C3H6/c1-3-28(32)31-36-21(2)35-27-14-22(17-34-18-27)8-9-24-15-26(37-31)10-11-29(24)39-20-23-12-13-38(19-23)40-30-7-5-4-6-25(30)16-33;1-3-2/h3-7,10-11,14-15,17-18,21,23,35H,8-9,12-13,19-20H2,1-2H3,(H,36,37);3H,1H2,2H3/b28-3+;. The van der Waals surface area contributed by atoms with Crippen LogP contribution in [0.25, 0.3) is 0 Å². The molecule has 3 heterocycles. The number of nitrogens with zero attached hydrogens (tertiary/aromatic N) is 4. The second-order valence-electron chi connectivity index (χ2n) is 10.4. The first-order valence-electron chi connectivity index (χ1n) is 14.5. The zero-order valence-corrected chi connectivity index (χ0v) is 26.6. The molecule has 0 spiro atoms. The Morgan fingerprint density at radius 1 is 1.19 bits per heavy atom. The van der Waals surface area contributed by atoms with Gasteiger partial charge in [0.15, 0.2) is 0 Å². The topological polar surface area (TPSA) is 85.6 Å². The molecule has 2 aliphatic rings. The highest BCUT2D eigenvalue weighted by molar-refractivity contribution is 7.97. The fraction of sp³-hybridized carbons (Fsp3) is 0.324. The third-order valence-electron chi connectivity index (χ3n) is 6.94. The first kappa shape index (κ1) is 32.2. The molecule has 2 aliphatic heterocycles. The van der Waals surface area contributed by atoms with Gasteiger partial charge in [0.2, 0.25) is 0 Å². The predicted octanol–water partition coefficient (Wildman–Crippen LogP) is 8.06. The van der Waals surface area contributed by atoms with Crippen molar-refractivity contribution in [1.82, 2.24) is 9.29 Å². The Morgan fingerprint density at radius 3 is 2.79 bits per heavy atom. The number of anilines is 2. The van der Waals surface area contributed by atoms with Crippen molar-refractivity contribution in [3.63, 3.8) is 0 Å². The molecular weight excluding hydrogens is 576 g/mol. The quantitative estimate of drug-likeness (QED) is 0.214. The van der Waals surface area contributed by atoms with Gasteiger partial charge < -0.3 is 15.4 Å². The molecule has 4 bridgehead atoms. The number of nitriles is 1. The molecule has 1 fully saturated rings. The van der Waals surface area contributed by atoms with Crippen LogP contribution in [0.4, 0.5) is 11.4 Å². The largest absolute Gasteiger partial charge is 0.493 e. The maximum atomic E-state index is 9.42. The molecule has 1 saturated heterocycles. The fourth-order valence-electron chi connectivity index (χ4n) is 4.87. The van der Waals surface area contributed by atoms with E-state index in [1.807, 2.05) is 75.6 Å². The third-order valence-corrected chi connectivity index (χ3v) is 8.48. The molecule has 1 aromatic heterocycles. The lowest BCUT2D eigenvalue weighted by Crippen LogP contribution is -2.20. The van der Waals surface area contributed by atoms with Crippen LogP contribution in [-0.2, 0) is 12.8 Å². The summed E-state index contributed by atoms with van der Waals surface area (Å²) in [7, 11) is 0. The lowest BCUT2D eigenvalue weighted by molar-refractivity contribution is 0.254. The van der Waals surface area contributed by atoms with E-state index in [1.54, 1.807) is 18.0 Å². The highest BCUT2D eigenvalue weighted by atomic mass is 35.5. The lowest BCUT2D eigenvalue weighted by atomic mass is 10.0. The van der Waals surface area contributed by atoms with Crippen LogP contribution in [0, 0.1) is 17.2 Å². The molecule has 2 unspecified atom stereocenters. The van der Waals surface area contributed by atoms with E-state index in [-0.39, 0.29) is 6.17 Å². The minimum atomic E-state index is -0.200. The summed E-state index contributed by atoms with van der Waals surface area (Å²) >= 11 is 8.19. The van der Waals surface area contributed by atoms with Gasteiger partial charge in [0.05, 0.1) is 29.1 Å². The molecule has 0 amide bonds. The molecule has 43 heavy (non-hydrogen) atoms. The predicted molar refractivity (Wildman–Crippen MR) is 180 cm³/mol. The summed E-state index contributed by atoms with van der Waals surface area (Å²) < 4.78 is 8.78. The van der Waals surface area contributed by atoms with Crippen molar-refractivity contribution in [3.05, 3.63) is 101 Å². The summed E-state index contributed by atoms with van der Waals surface area (Å²) in [6.07, 6.45) is 9.82. The highest BCUT2D eigenvalue weighted by Gasteiger charge is 2.25. The average Bonchev–Trinajstić information content (AvgIpc) is 3.46. The number of hydrogen-bond acceptors (Lipinski definition) is 8. The SMILES string of the molecule is C/C=C(Cl)\C1=N/C(C)Nc2cncc(c2)CCc2cc(ccc2OCC2CCN(Sc3ccccc3C#N)C2)N1.C=CC. The second kappa shape index (κ2) is 16.2. The molecule has 0 saturated carbocycles. The average molecular weight is 615 g/mol. The molecule has 9 heteroatoms. The van der Waals surface area contributed by atoms with E-state index in [0.717, 1.165) is 71.1 Å². The molecule has 224 valence electrons. The van der Waals surface area contributed by atoms with E-state index in [0.29, 0.717) is 23.4 Å². The normalized spacial score (nSPS) is 19.8. The first-order chi connectivity index (χ1) is 20.9. The van der Waals surface area contributed by atoms with Crippen LogP contribution in [0.3, 0.4) is 0 Å². The molecule has 2 N–H and O–H groups in total. The number of aryl methyl sites for hydroxylation is 2. The van der Waals surface area contributed by atoms with E-state index in [4.69, 9.17) is 21.3 Å². The summed E-state index contributed by atoms with van der Waals surface area (Å²) in [5.41, 5.74) is 4.83. The maximum Gasteiger partial charge on any atom is 0.146 e. The van der Waals surface area contributed by atoms with E-state index in [9.17, 15) is 5.26 Å². The molecular formula is C34H39ClN6OS. The number of pyridine rings is 1. The van der Waals surface area contributed by atoms with Crippen LogP contribution in [0.15, 0.2) is 94.6 Å². The number of ether oxygens (including phenoxy) is 1. The fourth-order valence-corrected chi connectivity index (χ4v) is 6.08. The van der Waals surface area contributed by atoms with Crippen LogP contribution >= 0.6 is 23.5 Å². The van der Waals surface area contributed by atoms with Crippen LogP contribution in [0.5, 0.6) is 5.75 Å². The van der Waals surface area contributed by atoms with Gasteiger partial charge in [0.25, 0.3) is 0 Å². The minimum Gasteiger partial charge on any atom is -0.493 e. The molecule has 0 aliphatic carbocycles. The van der Waals surface area contributed by atoms with Gasteiger partial charge in [-0.05, 0) is 99.5 Å². The monoisotopic (exact) mass is 614 g/mol. The maximum absolute atomic E-state index is 9.42. The number of halogens is 1. The molecule has 5 rings (SSSR count). The smallest absolute Gasteiger partial charge is 0.146 e. The Morgan fingerprint density at radius 2 is 2.00 bits per heavy atom. The summed E-state index contributed by atoms with van der Waals surface area (Å²) in [4.78, 5) is 10.2. The van der Waals surface area contributed by atoms with Gasteiger partial charge >= 0.3 is 0 Å². The van der Waals surface area contributed by atoms with Crippen molar-refractivity contribution >= 4 is 40.8 Å². The van der Waals surface area contributed by atoms with E-state index in [2.05, 4.69) is 44.7 Å². The number of nitrogens with one attached hydrogen (secondary N) is 2. The summed E-state index contributed by atoms with van der Waals surface area (Å²) in [6.45, 7) is 11.7. The highest BCUT2D eigenvalue weighted by Crippen LogP contribution is 2.32. The Labute approximate surface area is 264 Å². The lowest BCUT2D eigenvalue weighted by Gasteiger charge is -2.18. The Hall–Kier alpha value is -3.77. The Kier molecular flexibility index (Phi) is 12.1. The second-order valence-corrected chi connectivity index (χ2v) is 12.0. The van der Waals surface area contributed by atoms with Crippen molar-refractivity contribution in [1.29, 1.82) is 5.26 Å². The number of hydrogen-bond donors (Lipinski definition) is 2. The number of allylic oxidation sites excluding steroid dienone is 2. The number of aliphatic imine (C=N–C) groups is 1. The number of aromatic nitrogens is 1. The number of rotatable bonds is 6. The van der Waals surface area contributed by atoms with Crippen molar-refractivity contribution in [2.45, 2.75) is 51.1 Å². The molecule has 2 atom stereocenters. The van der Waals surface area contributed by atoms with E-state index >= 15 is 0 Å². The van der Waals surface area contributed by atoms with Gasteiger partial charge in [-0.2, -0.15) is 5.26 Å². The van der Waals surface area contributed by atoms with Gasteiger partial charge in [0.1, 0.15) is 23.8 Å².